The predicted molar refractivity (Wildman–Crippen MR) is 79.1 cm³/mol. The maximum absolute atomic E-state index is 6.06. The third kappa shape index (κ3) is 2.27. The second-order valence-corrected chi connectivity index (χ2v) is 4.93. The molecule has 3 rings (SSSR count). The van der Waals surface area contributed by atoms with Crippen LogP contribution in [0.1, 0.15) is 24.2 Å². The number of nitrogens with zero attached hydrogens (tertiary/aromatic N) is 4. The summed E-state index contributed by atoms with van der Waals surface area (Å²) in [5, 5.41) is 0. The van der Waals surface area contributed by atoms with Gasteiger partial charge in [-0.25, -0.2) is 4.98 Å². The summed E-state index contributed by atoms with van der Waals surface area (Å²) in [6, 6.07) is 10.5. The fourth-order valence-corrected chi connectivity index (χ4v) is 2.63. The maximum Gasteiger partial charge on any atom is 0.192 e. The molecular weight excluding hydrogens is 250 g/mol. The summed E-state index contributed by atoms with van der Waals surface area (Å²) >= 11 is 0. The Kier molecular flexibility index (Phi) is 3.41. The number of imidazole rings is 1. The summed E-state index contributed by atoms with van der Waals surface area (Å²) in [6.07, 6.45) is 3.78. The van der Waals surface area contributed by atoms with Crippen LogP contribution in [0.4, 0.5) is 0 Å². The summed E-state index contributed by atoms with van der Waals surface area (Å²) in [6.45, 7) is 4.50. The molecule has 2 aromatic rings. The Balaban J connectivity index is 1.85. The van der Waals surface area contributed by atoms with Crippen LogP contribution in [-0.4, -0.2) is 27.0 Å². The molecule has 1 aromatic carbocycles. The lowest BCUT2D eigenvalue weighted by Crippen LogP contribution is -2.36. The smallest absolute Gasteiger partial charge is 0.192 e. The first-order chi connectivity index (χ1) is 9.79. The average Bonchev–Trinajstić information content (AvgIpc) is 3.07. The molecule has 0 aliphatic carbocycles. The lowest BCUT2D eigenvalue weighted by molar-refractivity contribution is 0.326. The average molecular weight is 269 g/mol. The van der Waals surface area contributed by atoms with Crippen LogP contribution in [0.2, 0.25) is 0 Å². The second kappa shape index (κ2) is 5.36. The fraction of sp³-hybridized carbons (Fsp3) is 0.333. The van der Waals surface area contributed by atoms with E-state index in [-0.39, 0.29) is 6.04 Å². The van der Waals surface area contributed by atoms with E-state index in [0.29, 0.717) is 12.5 Å². The van der Waals surface area contributed by atoms with Crippen LogP contribution in [0, 0.1) is 0 Å². The normalized spacial score (nSPS) is 18.4. The van der Waals surface area contributed by atoms with E-state index in [2.05, 4.69) is 38.5 Å². The van der Waals surface area contributed by atoms with E-state index in [0.717, 1.165) is 13.1 Å². The molecule has 1 atom stereocenters. The Morgan fingerprint density at radius 1 is 1.30 bits per heavy atom. The van der Waals surface area contributed by atoms with Gasteiger partial charge in [0.15, 0.2) is 5.96 Å². The number of aromatic nitrogens is 2. The van der Waals surface area contributed by atoms with Gasteiger partial charge in [-0.15, -0.1) is 0 Å². The minimum absolute atomic E-state index is 0.178. The van der Waals surface area contributed by atoms with Crippen molar-refractivity contribution in [1.82, 2.24) is 14.5 Å². The summed E-state index contributed by atoms with van der Waals surface area (Å²) < 4.78 is 2.15. The number of guanidine groups is 1. The summed E-state index contributed by atoms with van der Waals surface area (Å²) in [5.41, 5.74) is 8.47. The lowest BCUT2D eigenvalue weighted by atomic mass is 10.1. The number of benzene rings is 1. The maximum atomic E-state index is 6.06. The van der Waals surface area contributed by atoms with Gasteiger partial charge >= 0.3 is 0 Å². The highest BCUT2D eigenvalue weighted by molar-refractivity contribution is 5.80. The quantitative estimate of drug-likeness (QED) is 0.920. The number of rotatable bonds is 4. The van der Waals surface area contributed by atoms with Crippen LogP contribution >= 0.6 is 0 Å². The van der Waals surface area contributed by atoms with Crippen molar-refractivity contribution in [2.24, 2.45) is 10.7 Å². The molecule has 2 heterocycles. The SMILES string of the molecule is CCn1cncc1C1CN=C(N)N1Cc1ccccc1. The molecule has 1 aromatic heterocycles. The van der Waals surface area contributed by atoms with Gasteiger partial charge in [-0.1, -0.05) is 30.3 Å². The van der Waals surface area contributed by atoms with Gasteiger partial charge in [-0.3, -0.25) is 4.99 Å². The Morgan fingerprint density at radius 2 is 2.10 bits per heavy atom. The first-order valence-corrected chi connectivity index (χ1v) is 6.90. The first kappa shape index (κ1) is 12.7. The molecule has 0 radical (unpaired) electrons. The monoisotopic (exact) mass is 269 g/mol. The van der Waals surface area contributed by atoms with Crippen LogP contribution in [0.5, 0.6) is 0 Å². The van der Waals surface area contributed by atoms with Gasteiger partial charge in [0, 0.05) is 13.1 Å². The van der Waals surface area contributed by atoms with E-state index in [4.69, 9.17) is 5.73 Å². The van der Waals surface area contributed by atoms with Crippen molar-refractivity contribution in [2.75, 3.05) is 6.54 Å². The third-order valence-corrected chi connectivity index (χ3v) is 3.72. The van der Waals surface area contributed by atoms with E-state index in [1.807, 2.05) is 30.7 Å². The number of hydrogen-bond donors (Lipinski definition) is 1. The van der Waals surface area contributed by atoms with Crippen LogP contribution in [0.15, 0.2) is 47.8 Å². The molecule has 1 aliphatic rings. The van der Waals surface area contributed by atoms with Crippen molar-refractivity contribution in [3.63, 3.8) is 0 Å². The molecule has 0 saturated carbocycles. The zero-order chi connectivity index (χ0) is 13.9. The molecule has 0 spiro atoms. The number of hydrogen-bond acceptors (Lipinski definition) is 4. The van der Waals surface area contributed by atoms with Gasteiger partial charge in [0.25, 0.3) is 0 Å². The summed E-state index contributed by atoms with van der Waals surface area (Å²) in [7, 11) is 0. The number of aliphatic imine (C=N–C) groups is 1. The Bertz CT molecular complexity index is 602. The zero-order valence-electron chi connectivity index (χ0n) is 11.6. The van der Waals surface area contributed by atoms with Gasteiger partial charge in [0.2, 0.25) is 0 Å². The van der Waals surface area contributed by atoms with E-state index in [9.17, 15) is 0 Å². The van der Waals surface area contributed by atoms with Crippen LogP contribution < -0.4 is 5.73 Å². The molecule has 0 saturated heterocycles. The topological polar surface area (TPSA) is 59.4 Å². The molecule has 0 bridgehead atoms. The molecule has 1 aliphatic heterocycles. The molecule has 5 heteroatoms. The van der Waals surface area contributed by atoms with Gasteiger partial charge in [0.1, 0.15) is 0 Å². The first-order valence-electron chi connectivity index (χ1n) is 6.90. The summed E-state index contributed by atoms with van der Waals surface area (Å²) in [4.78, 5) is 10.8. The lowest BCUT2D eigenvalue weighted by Gasteiger charge is -2.26. The zero-order valence-corrected chi connectivity index (χ0v) is 11.6. The van der Waals surface area contributed by atoms with Gasteiger partial charge in [-0.05, 0) is 12.5 Å². The van der Waals surface area contributed by atoms with E-state index < -0.39 is 0 Å². The fourth-order valence-electron chi connectivity index (χ4n) is 2.63. The molecule has 5 nitrogen and oxygen atoms in total. The highest BCUT2D eigenvalue weighted by atomic mass is 15.3. The third-order valence-electron chi connectivity index (χ3n) is 3.72. The largest absolute Gasteiger partial charge is 0.370 e. The standard InChI is InChI=1S/C15H19N5/c1-2-19-11-17-8-13(19)14-9-18-15(16)20(14)10-12-6-4-3-5-7-12/h3-8,11,14H,2,9-10H2,1H3,(H2,16,18). The van der Waals surface area contributed by atoms with Crippen molar-refractivity contribution >= 4 is 5.96 Å². The molecule has 20 heavy (non-hydrogen) atoms. The van der Waals surface area contributed by atoms with E-state index in [1.54, 1.807) is 0 Å². The molecule has 2 N–H and O–H groups in total. The Hall–Kier alpha value is -2.30. The van der Waals surface area contributed by atoms with Gasteiger partial charge < -0.3 is 15.2 Å². The predicted octanol–water partition coefficient (Wildman–Crippen LogP) is 1.77. The van der Waals surface area contributed by atoms with Crippen LogP contribution in [0.25, 0.3) is 0 Å². The van der Waals surface area contributed by atoms with Crippen molar-refractivity contribution in [2.45, 2.75) is 26.1 Å². The number of aryl methyl sites for hydroxylation is 1. The Labute approximate surface area is 118 Å². The molecule has 0 amide bonds. The summed E-state index contributed by atoms with van der Waals surface area (Å²) in [5.74, 6) is 0.614. The van der Waals surface area contributed by atoms with E-state index in [1.165, 1.54) is 11.3 Å². The van der Waals surface area contributed by atoms with Gasteiger partial charge in [0.05, 0.1) is 30.8 Å². The number of nitrogens with two attached hydrogens (primary N) is 1. The van der Waals surface area contributed by atoms with Crippen molar-refractivity contribution < 1.29 is 0 Å². The molecule has 0 fully saturated rings. The van der Waals surface area contributed by atoms with Crippen LogP contribution in [0.3, 0.4) is 0 Å². The van der Waals surface area contributed by atoms with Crippen molar-refractivity contribution in [1.29, 1.82) is 0 Å². The van der Waals surface area contributed by atoms with Crippen molar-refractivity contribution in [3.05, 3.63) is 54.1 Å². The Morgan fingerprint density at radius 3 is 2.85 bits per heavy atom. The minimum Gasteiger partial charge on any atom is -0.370 e. The van der Waals surface area contributed by atoms with Gasteiger partial charge in [-0.2, -0.15) is 0 Å². The van der Waals surface area contributed by atoms with Crippen molar-refractivity contribution in [3.8, 4) is 0 Å². The van der Waals surface area contributed by atoms with Crippen LogP contribution in [-0.2, 0) is 13.1 Å². The van der Waals surface area contributed by atoms with E-state index >= 15 is 0 Å². The second-order valence-electron chi connectivity index (χ2n) is 4.93. The molecular formula is C15H19N5. The molecule has 104 valence electrons. The highest BCUT2D eigenvalue weighted by Gasteiger charge is 2.29. The minimum atomic E-state index is 0.178. The highest BCUT2D eigenvalue weighted by Crippen LogP contribution is 2.27. The molecule has 1 unspecified atom stereocenters.